The normalized spacial score (nSPS) is 22.5. The number of pyridine rings is 1. The maximum atomic E-state index is 6.15. The van der Waals surface area contributed by atoms with Crippen LogP contribution in [-0.2, 0) is 4.74 Å². The second-order valence-electron chi connectivity index (χ2n) is 4.65. The molecule has 0 aromatic carbocycles. The largest absolute Gasteiger partial charge is 0.378 e. The summed E-state index contributed by atoms with van der Waals surface area (Å²) in [6, 6.07) is 1.70. The predicted octanol–water partition coefficient (Wildman–Crippen LogP) is 3.66. The van der Waals surface area contributed by atoms with Crippen LogP contribution in [0.15, 0.2) is 6.07 Å². The molecule has 2 unspecified atom stereocenters. The first kappa shape index (κ1) is 14.7. The first-order chi connectivity index (χ1) is 9.15. The molecule has 2 atom stereocenters. The highest BCUT2D eigenvalue weighted by molar-refractivity contribution is 6.37. The lowest BCUT2D eigenvalue weighted by Gasteiger charge is -2.18. The summed E-state index contributed by atoms with van der Waals surface area (Å²) in [6.45, 7) is 3.81. The Balaban J connectivity index is 2.03. The summed E-state index contributed by atoms with van der Waals surface area (Å²) in [4.78, 5) is 4.38. The van der Waals surface area contributed by atoms with Gasteiger partial charge in [-0.05, 0) is 18.9 Å². The third-order valence-corrected chi connectivity index (χ3v) is 4.02. The van der Waals surface area contributed by atoms with Crippen LogP contribution in [0.4, 0.5) is 11.6 Å². The van der Waals surface area contributed by atoms with E-state index in [2.05, 4.69) is 22.5 Å². The second-order valence-corrected chi connectivity index (χ2v) is 5.46. The molecule has 106 valence electrons. The fraction of sp³-hybridized carbons (Fsp3) is 0.615. The average Bonchev–Trinajstić information content (AvgIpc) is 2.85. The van der Waals surface area contributed by atoms with E-state index < -0.39 is 0 Å². The molecule has 1 aliphatic heterocycles. The number of nitrogens with one attached hydrogen (secondary N) is 2. The molecule has 0 spiro atoms. The van der Waals surface area contributed by atoms with Crippen LogP contribution in [0.25, 0.3) is 0 Å². The zero-order valence-electron chi connectivity index (χ0n) is 11.2. The van der Waals surface area contributed by atoms with Crippen LogP contribution in [0.1, 0.15) is 19.8 Å². The van der Waals surface area contributed by atoms with Crippen LogP contribution in [0.5, 0.6) is 0 Å². The zero-order valence-corrected chi connectivity index (χ0v) is 12.7. The van der Waals surface area contributed by atoms with Crippen molar-refractivity contribution in [1.82, 2.24) is 4.98 Å². The number of aromatic nitrogens is 1. The maximum absolute atomic E-state index is 6.15. The van der Waals surface area contributed by atoms with Crippen molar-refractivity contribution in [2.75, 3.05) is 30.8 Å². The van der Waals surface area contributed by atoms with E-state index in [0.717, 1.165) is 26.0 Å². The number of hydrogen-bond donors (Lipinski definition) is 2. The lowest BCUT2D eigenvalue weighted by molar-refractivity contribution is 0.0900. The van der Waals surface area contributed by atoms with Gasteiger partial charge in [-0.15, -0.1) is 0 Å². The molecule has 0 radical (unpaired) electrons. The van der Waals surface area contributed by atoms with Gasteiger partial charge in [-0.2, -0.15) is 0 Å². The molecule has 2 heterocycles. The van der Waals surface area contributed by atoms with E-state index in [4.69, 9.17) is 27.9 Å². The Hall–Kier alpha value is -0.710. The standard InChI is InChI=1S/C13H19Cl2N3O/c1-3-11-8(4-5-19-11)7-17-13-10(15)6-9(14)12(16-2)18-13/h6,8,11H,3-5,7H2,1-2H3,(H2,16,17,18). The Morgan fingerprint density at radius 3 is 2.79 bits per heavy atom. The minimum absolute atomic E-state index is 0.336. The molecule has 2 N–H and O–H groups in total. The molecule has 4 nitrogen and oxygen atoms in total. The van der Waals surface area contributed by atoms with Crippen molar-refractivity contribution in [2.45, 2.75) is 25.9 Å². The number of anilines is 2. The van der Waals surface area contributed by atoms with Crippen molar-refractivity contribution in [2.24, 2.45) is 5.92 Å². The van der Waals surface area contributed by atoms with Crippen LogP contribution in [0.2, 0.25) is 10.0 Å². The summed E-state index contributed by atoms with van der Waals surface area (Å²) in [5, 5.41) is 7.30. The Kier molecular flexibility index (Phi) is 5.13. The van der Waals surface area contributed by atoms with Crippen molar-refractivity contribution in [3.8, 4) is 0 Å². The number of halogens is 2. The Morgan fingerprint density at radius 1 is 1.37 bits per heavy atom. The highest BCUT2D eigenvalue weighted by atomic mass is 35.5. The monoisotopic (exact) mass is 303 g/mol. The third-order valence-electron chi connectivity index (χ3n) is 3.45. The fourth-order valence-electron chi connectivity index (χ4n) is 2.37. The number of hydrogen-bond acceptors (Lipinski definition) is 4. The van der Waals surface area contributed by atoms with Gasteiger partial charge in [-0.3, -0.25) is 0 Å². The lowest BCUT2D eigenvalue weighted by atomic mass is 10.00. The summed E-state index contributed by atoms with van der Waals surface area (Å²) >= 11 is 12.2. The van der Waals surface area contributed by atoms with Gasteiger partial charge in [0.1, 0.15) is 11.6 Å². The summed E-state index contributed by atoms with van der Waals surface area (Å²) in [5.74, 6) is 1.80. The molecule has 19 heavy (non-hydrogen) atoms. The van der Waals surface area contributed by atoms with Gasteiger partial charge in [0.25, 0.3) is 0 Å². The van der Waals surface area contributed by atoms with Gasteiger partial charge in [-0.1, -0.05) is 30.1 Å². The maximum Gasteiger partial charge on any atom is 0.147 e. The number of rotatable bonds is 5. The molecule has 0 amide bonds. The van der Waals surface area contributed by atoms with Crippen molar-refractivity contribution in [3.63, 3.8) is 0 Å². The first-order valence-electron chi connectivity index (χ1n) is 6.55. The van der Waals surface area contributed by atoms with Crippen LogP contribution in [0, 0.1) is 5.92 Å². The Labute approximate surface area is 123 Å². The van der Waals surface area contributed by atoms with Gasteiger partial charge in [0, 0.05) is 26.1 Å². The van der Waals surface area contributed by atoms with Gasteiger partial charge >= 0.3 is 0 Å². The van der Waals surface area contributed by atoms with E-state index in [1.54, 1.807) is 13.1 Å². The highest BCUT2D eigenvalue weighted by Gasteiger charge is 2.26. The second kappa shape index (κ2) is 6.64. The van der Waals surface area contributed by atoms with Gasteiger partial charge in [0.2, 0.25) is 0 Å². The number of ether oxygens (including phenoxy) is 1. The summed E-state index contributed by atoms with van der Waals surface area (Å²) < 4.78 is 5.67. The third kappa shape index (κ3) is 3.44. The van der Waals surface area contributed by atoms with E-state index in [-0.39, 0.29) is 0 Å². The van der Waals surface area contributed by atoms with Crippen LogP contribution in [0.3, 0.4) is 0 Å². The molecule has 1 fully saturated rings. The molecule has 1 aliphatic rings. The van der Waals surface area contributed by atoms with Gasteiger partial charge < -0.3 is 15.4 Å². The Morgan fingerprint density at radius 2 is 2.11 bits per heavy atom. The van der Waals surface area contributed by atoms with E-state index in [1.165, 1.54) is 0 Å². The fourth-order valence-corrected chi connectivity index (χ4v) is 2.89. The molecule has 1 aromatic heterocycles. The smallest absolute Gasteiger partial charge is 0.147 e. The summed E-state index contributed by atoms with van der Waals surface area (Å²) in [6.07, 6.45) is 2.45. The minimum atomic E-state index is 0.336. The molecular formula is C13H19Cl2N3O. The first-order valence-corrected chi connectivity index (χ1v) is 7.30. The van der Waals surface area contributed by atoms with Crippen molar-refractivity contribution < 1.29 is 4.74 Å². The topological polar surface area (TPSA) is 46.2 Å². The van der Waals surface area contributed by atoms with E-state index >= 15 is 0 Å². The van der Waals surface area contributed by atoms with E-state index in [0.29, 0.717) is 33.7 Å². The van der Waals surface area contributed by atoms with Crippen molar-refractivity contribution in [3.05, 3.63) is 16.1 Å². The lowest BCUT2D eigenvalue weighted by Crippen LogP contribution is -2.23. The summed E-state index contributed by atoms with van der Waals surface area (Å²) in [7, 11) is 1.78. The van der Waals surface area contributed by atoms with Crippen LogP contribution >= 0.6 is 23.2 Å². The molecule has 6 heteroatoms. The average molecular weight is 304 g/mol. The quantitative estimate of drug-likeness (QED) is 0.871. The van der Waals surface area contributed by atoms with Crippen LogP contribution in [-0.4, -0.2) is 31.3 Å². The highest BCUT2D eigenvalue weighted by Crippen LogP contribution is 2.30. The van der Waals surface area contributed by atoms with Gasteiger partial charge in [0.15, 0.2) is 0 Å². The summed E-state index contributed by atoms with van der Waals surface area (Å²) in [5.41, 5.74) is 0. The molecule has 0 aliphatic carbocycles. The van der Waals surface area contributed by atoms with E-state index in [9.17, 15) is 0 Å². The molecule has 1 saturated heterocycles. The molecule has 2 rings (SSSR count). The van der Waals surface area contributed by atoms with Gasteiger partial charge in [-0.25, -0.2) is 4.98 Å². The van der Waals surface area contributed by atoms with Crippen molar-refractivity contribution in [1.29, 1.82) is 0 Å². The van der Waals surface area contributed by atoms with E-state index in [1.807, 2.05) is 0 Å². The molecular weight excluding hydrogens is 285 g/mol. The molecule has 0 saturated carbocycles. The molecule has 1 aromatic rings. The van der Waals surface area contributed by atoms with Gasteiger partial charge in [0.05, 0.1) is 16.1 Å². The Bertz CT molecular complexity index is 442. The predicted molar refractivity (Wildman–Crippen MR) is 80.4 cm³/mol. The van der Waals surface area contributed by atoms with Crippen LogP contribution < -0.4 is 10.6 Å². The van der Waals surface area contributed by atoms with Crippen molar-refractivity contribution >= 4 is 34.8 Å². The zero-order chi connectivity index (χ0) is 13.8. The SMILES string of the molecule is CCC1OCCC1CNc1nc(NC)c(Cl)cc1Cl. The number of nitrogens with zero attached hydrogens (tertiary/aromatic N) is 1. The molecule has 0 bridgehead atoms. The minimum Gasteiger partial charge on any atom is -0.378 e.